The molecular formula is H16B2N4O5. The summed E-state index contributed by atoms with van der Waals surface area (Å²) >= 11 is 0. The summed E-state index contributed by atoms with van der Waals surface area (Å²) in [5.74, 6) is 0. The van der Waals surface area contributed by atoms with Gasteiger partial charge in [-0.2, -0.15) is 0 Å². The lowest BCUT2D eigenvalue weighted by Gasteiger charge is -1.95. The molecule has 0 aliphatic heterocycles. The van der Waals surface area contributed by atoms with Gasteiger partial charge in [-0.15, -0.1) is 0 Å². The zero-order valence-electron chi connectivity index (χ0n) is 6.18. The molecule has 0 heterocycles. The third-order valence-corrected chi connectivity index (χ3v) is 0.243. The Balaban J connectivity index is -0.0000000300. The molecule has 72 valence electrons. The van der Waals surface area contributed by atoms with Crippen molar-refractivity contribution in [3.63, 3.8) is 0 Å². The topological polar surface area (TPSA) is 230 Å². The predicted octanol–water partition coefficient (Wildman–Crippen LogP) is -2.41. The highest BCUT2D eigenvalue weighted by Crippen LogP contribution is 1.73. The summed E-state index contributed by atoms with van der Waals surface area (Å²) in [6, 6.07) is 0. The van der Waals surface area contributed by atoms with Crippen LogP contribution in [0.2, 0.25) is 0 Å². The summed E-state index contributed by atoms with van der Waals surface area (Å²) in [7, 11) is -4.25. The molecule has 0 aliphatic rings. The molecule has 0 aliphatic carbocycles. The van der Waals surface area contributed by atoms with E-state index in [2.05, 4.69) is 4.57 Å². The summed E-state index contributed by atoms with van der Waals surface area (Å²) in [6.07, 6.45) is 0. The van der Waals surface area contributed by atoms with Crippen molar-refractivity contribution in [2.75, 3.05) is 0 Å². The van der Waals surface area contributed by atoms with E-state index < -0.39 is 14.6 Å². The molecule has 0 aromatic rings. The van der Waals surface area contributed by atoms with Crippen LogP contribution in [0.3, 0.4) is 0 Å². The monoisotopic (exact) mass is 174 g/mol. The van der Waals surface area contributed by atoms with E-state index in [-0.39, 0.29) is 24.6 Å². The number of rotatable bonds is 2. The summed E-state index contributed by atoms with van der Waals surface area (Å²) < 4.78 is 3.47. The van der Waals surface area contributed by atoms with Crippen LogP contribution < -0.4 is 24.6 Å². The minimum atomic E-state index is -2.13. The van der Waals surface area contributed by atoms with Gasteiger partial charge in [0.15, 0.2) is 0 Å². The average molecular weight is 174 g/mol. The van der Waals surface area contributed by atoms with Gasteiger partial charge in [-0.25, -0.2) is 0 Å². The van der Waals surface area contributed by atoms with Gasteiger partial charge in [0, 0.05) is 0 Å². The van der Waals surface area contributed by atoms with Gasteiger partial charge in [-0.05, 0) is 0 Å². The zero-order chi connectivity index (χ0) is 5.86. The highest BCUT2D eigenvalue weighted by atomic mass is 16.7. The SMILES string of the molecule is N.N.N.N.OB(O)OB(O)O. The molecule has 0 bridgehead atoms. The fourth-order valence-electron chi connectivity index (χ4n) is 0.109. The van der Waals surface area contributed by atoms with Crippen molar-refractivity contribution in [2.24, 2.45) is 0 Å². The van der Waals surface area contributed by atoms with Crippen LogP contribution in [0.25, 0.3) is 0 Å². The van der Waals surface area contributed by atoms with E-state index in [4.69, 9.17) is 20.1 Å². The number of hydrogen-bond acceptors (Lipinski definition) is 9. The highest BCUT2D eigenvalue weighted by molar-refractivity contribution is 6.48. The van der Waals surface area contributed by atoms with Gasteiger partial charge in [-0.3, -0.25) is 0 Å². The van der Waals surface area contributed by atoms with Crippen molar-refractivity contribution >= 4 is 14.6 Å². The summed E-state index contributed by atoms with van der Waals surface area (Å²) in [6.45, 7) is 0. The lowest BCUT2D eigenvalue weighted by Crippen LogP contribution is -2.28. The van der Waals surface area contributed by atoms with Gasteiger partial charge < -0.3 is 49.3 Å². The van der Waals surface area contributed by atoms with E-state index in [9.17, 15) is 0 Å². The maximum absolute atomic E-state index is 7.74. The van der Waals surface area contributed by atoms with Crippen molar-refractivity contribution in [3.05, 3.63) is 0 Å². The first-order chi connectivity index (χ1) is 3.13. The third kappa shape index (κ3) is 41.5. The minimum Gasteiger partial charge on any atom is -0.402 e. The second-order valence-corrected chi connectivity index (χ2v) is 0.789. The zero-order valence-corrected chi connectivity index (χ0v) is 6.18. The molecule has 0 aromatic carbocycles. The first-order valence-electron chi connectivity index (χ1n) is 1.50. The lowest BCUT2D eigenvalue weighted by molar-refractivity contribution is 0.213. The Morgan fingerprint density at radius 2 is 0.818 bits per heavy atom. The fourth-order valence-corrected chi connectivity index (χ4v) is 0.109. The average Bonchev–Trinajstić information content (AvgIpc) is 1.27. The van der Waals surface area contributed by atoms with E-state index in [0.29, 0.717) is 0 Å². The van der Waals surface area contributed by atoms with Gasteiger partial charge in [0.05, 0.1) is 0 Å². The van der Waals surface area contributed by atoms with Gasteiger partial charge in [0.1, 0.15) is 0 Å². The molecule has 0 radical (unpaired) electrons. The van der Waals surface area contributed by atoms with Crippen LogP contribution in [-0.4, -0.2) is 34.7 Å². The van der Waals surface area contributed by atoms with Crippen molar-refractivity contribution in [3.8, 4) is 0 Å². The van der Waals surface area contributed by atoms with E-state index in [1.54, 1.807) is 0 Å². The van der Waals surface area contributed by atoms with Crippen LogP contribution in [-0.2, 0) is 4.57 Å². The minimum absolute atomic E-state index is 0. The van der Waals surface area contributed by atoms with Gasteiger partial charge in [0.25, 0.3) is 0 Å². The smallest absolute Gasteiger partial charge is 0.402 e. The second-order valence-electron chi connectivity index (χ2n) is 0.789. The van der Waals surface area contributed by atoms with E-state index in [1.165, 1.54) is 0 Å². The fraction of sp³-hybridized carbons (Fsp3) is 0. The van der Waals surface area contributed by atoms with Gasteiger partial charge in [-0.1, -0.05) is 0 Å². The Hall–Kier alpha value is -0.230. The molecule has 0 spiro atoms. The molecule has 16 N–H and O–H groups in total. The molecule has 11 heavy (non-hydrogen) atoms. The lowest BCUT2D eigenvalue weighted by atomic mass is 10.1. The largest absolute Gasteiger partial charge is 0.621 e. The second kappa shape index (κ2) is 16.4. The van der Waals surface area contributed by atoms with Crippen LogP contribution in [0.15, 0.2) is 0 Å². The summed E-state index contributed by atoms with van der Waals surface area (Å²) in [5.41, 5.74) is 0. The Morgan fingerprint density at radius 3 is 0.818 bits per heavy atom. The third-order valence-electron chi connectivity index (χ3n) is 0.243. The molecule has 0 amide bonds. The van der Waals surface area contributed by atoms with Crippen molar-refractivity contribution in [1.82, 2.24) is 24.6 Å². The van der Waals surface area contributed by atoms with Crippen LogP contribution in [0.4, 0.5) is 0 Å². The van der Waals surface area contributed by atoms with E-state index in [1.807, 2.05) is 0 Å². The quantitative estimate of drug-likeness (QED) is 0.207. The maximum atomic E-state index is 7.74. The molecule has 0 fully saturated rings. The Morgan fingerprint density at radius 1 is 0.636 bits per heavy atom. The molecule has 0 saturated heterocycles. The van der Waals surface area contributed by atoms with Crippen LogP contribution in [0.1, 0.15) is 0 Å². The molecule has 0 rings (SSSR count). The Labute approximate surface area is 65.1 Å². The Bertz CT molecular complexity index is 45.7. The number of hydrogen-bond donors (Lipinski definition) is 8. The van der Waals surface area contributed by atoms with Crippen molar-refractivity contribution < 1.29 is 24.7 Å². The van der Waals surface area contributed by atoms with Crippen LogP contribution in [0, 0.1) is 0 Å². The van der Waals surface area contributed by atoms with Crippen molar-refractivity contribution in [1.29, 1.82) is 0 Å². The van der Waals surface area contributed by atoms with Crippen LogP contribution in [0.5, 0.6) is 0 Å². The summed E-state index contributed by atoms with van der Waals surface area (Å²) in [4.78, 5) is 0. The molecule has 0 saturated carbocycles. The molecule has 0 aromatic heterocycles. The Kier molecular flexibility index (Phi) is 46.0. The van der Waals surface area contributed by atoms with E-state index in [0.717, 1.165) is 0 Å². The first kappa shape index (κ1) is 30.9. The van der Waals surface area contributed by atoms with E-state index >= 15 is 0 Å². The standard InChI is InChI=1S/B2H4O5.4H3N/c3-1(4)7-2(5)6;;;;/h3-6H;4*1H3. The molecule has 0 atom stereocenters. The van der Waals surface area contributed by atoms with Gasteiger partial charge >= 0.3 is 14.6 Å². The highest BCUT2D eigenvalue weighted by Gasteiger charge is 2.18. The molecule has 0 unspecified atom stereocenters. The normalized spacial score (nSPS) is 5.45. The maximum Gasteiger partial charge on any atom is 0.621 e. The van der Waals surface area contributed by atoms with Gasteiger partial charge in [0.2, 0.25) is 0 Å². The first-order valence-corrected chi connectivity index (χ1v) is 1.50. The molecule has 11 heteroatoms. The van der Waals surface area contributed by atoms with Crippen LogP contribution >= 0.6 is 0 Å². The van der Waals surface area contributed by atoms with Crippen molar-refractivity contribution in [2.45, 2.75) is 0 Å². The molecule has 9 nitrogen and oxygen atoms in total. The predicted molar refractivity (Wildman–Crippen MR) is 41.6 cm³/mol. The molecular weight excluding hydrogens is 158 g/mol. The summed E-state index contributed by atoms with van der Waals surface area (Å²) in [5, 5.41) is 30.9.